The Kier molecular flexibility index (Phi) is 4.56. The highest BCUT2D eigenvalue weighted by Gasteiger charge is 2.47. The second-order valence-electron chi connectivity index (χ2n) is 5.68. The minimum absolute atomic E-state index is 0.0259. The summed E-state index contributed by atoms with van der Waals surface area (Å²) in [5, 5.41) is 0. The molecule has 1 aliphatic rings. The first-order valence-corrected chi connectivity index (χ1v) is 10.3. The van der Waals surface area contributed by atoms with Crippen molar-refractivity contribution in [2.24, 2.45) is 0 Å². The second kappa shape index (κ2) is 5.82. The zero-order valence-corrected chi connectivity index (χ0v) is 14.6. The van der Waals surface area contributed by atoms with Gasteiger partial charge in [0.15, 0.2) is 9.84 Å². The third kappa shape index (κ3) is 3.13. The molecule has 0 unspecified atom stereocenters. The average molecular weight is 347 g/mol. The highest BCUT2D eigenvalue weighted by molar-refractivity contribution is 7.92. The topological polar surface area (TPSA) is 80.8 Å². The van der Waals surface area contributed by atoms with Crippen molar-refractivity contribution < 1.29 is 21.6 Å². The molecular weight excluding hydrogens is 326 g/mol. The van der Waals surface area contributed by atoms with Crippen molar-refractivity contribution in [2.75, 3.05) is 25.2 Å². The van der Waals surface area contributed by atoms with E-state index in [9.17, 15) is 16.8 Å². The van der Waals surface area contributed by atoms with Crippen molar-refractivity contribution in [3.8, 4) is 5.75 Å². The Bertz CT molecular complexity index is 740. The molecule has 0 bridgehead atoms. The summed E-state index contributed by atoms with van der Waals surface area (Å²) in [6.07, 6.45) is 0.318. The van der Waals surface area contributed by atoms with Crippen LogP contribution < -0.4 is 4.74 Å². The molecule has 1 aliphatic heterocycles. The summed E-state index contributed by atoms with van der Waals surface area (Å²) in [6.45, 7) is 3.64. The lowest BCUT2D eigenvalue weighted by Gasteiger charge is -2.35. The summed E-state index contributed by atoms with van der Waals surface area (Å²) in [5.41, 5.74) is -0.896. The van der Waals surface area contributed by atoms with E-state index in [2.05, 4.69) is 0 Å². The fourth-order valence-electron chi connectivity index (χ4n) is 2.91. The van der Waals surface area contributed by atoms with Crippen molar-refractivity contribution >= 4 is 19.9 Å². The number of hydrogen-bond acceptors (Lipinski definition) is 5. The summed E-state index contributed by atoms with van der Waals surface area (Å²) < 4.78 is 55.6. The summed E-state index contributed by atoms with van der Waals surface area (Å²) in [4.78, 5) is 0.140. The van der Waals surface area contributed by atoms with Crippen LogP contribution in [0.4, 0.5) is 0 Å². The van der Waals surface area contributed by atoms with Gasteiger partial charge in [0.25, 0.3) is 0 Å². The van der Waals surface area contributed by atoms with Crippen LogP contribution >= 0.6 is 0 Å². The zero-order valence-electron chi connectivity index (χ0n) is 12.9. The van der Waals surface area contributed by atoms with E-state index in [1.165, 1.54) is 23.5 Å². The molecule has 1 aromatic rings. The molecule has 0 saturated carbocycles. The predicted molar refractivity (Wildman–Crippen MR) is 84.2 cm³/mol. The van der Waals surface area contributed by atoms with Crippen LogP contribution in [0, 0.1) is 0 Å². The largest absolute Gasteiger partial charge is 0.497 e. The lowest BCUT2D eigenvalue weighted by atomic mass is 10.0. The summed E-state index contributed by atoms with van der Waals surface area (Å²) in [6, 6.07) is 6.11. The van der Waals surface area contributed by atoms with E-state index in [0.717, 1.165) is 0 Å². The van der Waals surface area contributed by atoms with E-state index in [1.54, 1.807) is 26.0 Å². The Morgan fingerprint density at radius 1 is 1.27 bits per heavy atom. The van der Waals surface area contributed by atoms with Gasteiger partial charge in [-0.1, -0.05) is 6.92 Å². The summed E-state index contributed by atoms with van der Waals surface area (Å²) >= 11 is 0. The van der Waals surface area contributed by atoms with Gasteiger partial charge in [-0.25, -0.2) is 16.8 Å². The molecule has 22 heavy (non-hydrogen) atoms. The van der Waals surface area contributed by atoms with Crippen LogP contribution in [0.1, 0.15) is 20.3 Å². The number of sulfonamides is 1. The van der Waals surface area contributed by atoms with E-state index in [0.29, 0.717) is 12.2 Å². The van der Waals surface area contributed by atoms with Crippen LogP contribution in [-0.4, -0.2) is 51.8 Å². The van der Waals surface area contributed by atoms with Gasteiger partial charge in [-0.3, -0.25) is 0 Å². The molecule has 0 aromatic heterocycles. The summed E-state index contributed by atoms with van der Waals surface area (Å²) in [5.74, 6) is 0.457. The van der Waals surface area contributed by atoms with Crippen molar-refractivity contribution in [2.45, 2.75) is 30.7 Å². The van der Waals surface area contributed by atoms with Crippen LogP contribution in [-0.2, 0) is 19.9 Å². The molecule has 2 rings (SSSR count). The first-order chi connectivity index (χ1) is 10.1. The van der Waals surface area contributed by atoms with Gasteiger partial charge in [-0.05, 0) is 37.6 Å². The standard InChI is InChI=1S/C14H21NO5S2/c1-4-15(14(2)9-10-21(16,17)11-14)22(18,19)13-7-5-12(20-3)6-8-13/h5-8H,4,9-11H2,1-3H3/t14-/m0/s1. The minimum Gasteiger partial charge on any atom is -0.497 e. The van der Waals surface area contributed by atoms with E-state index in [1.807, 2.05) is 0 Å². The number of sulfone groups is 1. The van der Waals surface area contributed by atoms with Gasteiger partial charge >= 0.3 is 0 Å². The number of benzene rings is 1. The second-order valence-corrected chi connectivity index (χ2v) is 9.73. The lowest BCUT2D eigenvalue weighted by molar-refractivity contribution is 0.243. The van der Waals surface area contributed by atoms with Gasteiger partial charge in [0.05, 0.1) is 23.5 Å². The molecule has 124 valence electrons. The first kappa shape index (κ1) is 17.2. The normalized spacial score (nSPS) is 24.5. The van der Waals surface area contributed by atoms with E-state index in [-0.39, 0.29) is 22.9 Å². The molecule has 0 amide bonds. The Hall–Kier alpha value is -1.12. The molecule has 1 aromatic carbocycles. The van der Waals surface area contributed by atoms with Gasteiger partial charge in [-0.15, -0.1) is 0 Å². The van der Waals surface area contributed by atoms with Gasteiger partial charge in [0.2, 0.25) is 10.0 Å². The van der Waals surface area contributed by atoms with Crippen LogP contribution in [0.25, 0.3) is 0 Å². The van der Waals surface area contributed by atoms with Crippen molar-refractivity contribution in [1.29, 1.82) is 0 Å². The zero-order chi connectivity index (χ0) is 16.6. The molecular formula is C14H21NO5S2. The number of nitrogens with zero attached hydrogens (tertiary/aromatic N) is 1. The Balaban J connectivity index is 2.41. The molecule has 0 N–H and O–H groups in total. The van der Waals surface area contributed by atoms with Gasteiger partial charge in [-0.2, -0.15) is 4.31 Å². The Labute approximate surface area is 132 Å². The predicted octanol–water partition coefficient (Wildman–Crippen LogP) is 1.28. The molecule has 0 spiro atoms. The Morgan fingerprint density at radius 3 is 2.27 bits per heavy atom. The molecule has 0 aliphatic carbocycles. The summed E-state index contributed by atoms with van der Waals surface area (Å²) in [7, 11) is -5.44. The molecule has 6 nitrogen and oxygen atoms in total. The molecule has 1 atom stereocenters. The van der Waals surface area contributed by atoms with Crippen LogP contribution in [0.15, 0.2) is 29.2 Å². The fourth-order valence-corrected chi connectivity index (χ4v) is 6.94. The Morgan fingerprint density at radius 2 is 1.86 bits per heavy atom. The number of ether oxygens (including phenoxy) is 1. The molecule has 0 radical (unpaired) electrons. The fraction of sp³-hybridized carbons (Fsp3) is 0.571. The maximum atomic E-state index is 12.9. The van der Waals surface area contributed by atoms with E-state index >= 15 is 0 Å². The number of hydrogen-bond donors (Lipinski definition) is 0. The van der Waals surface area contributed by atoms with Gasteiger partial charge < -0.3 is 4.74 Å². The average Bonchev–Trinajstić information content (AvgIpc) is 2.73. The van der Waals surface area contributed by atoms with Crippen molar-refractivity contribution in [3.63, 3.8) is 0 Å². The highest BCUT2D eigenvalue weighted by Crippen LogP contribution is 2.34. The van der Waals surface area contributed by atoms with Crippen LogP contribution in [0.5, 0.6) is 5.75 Å². The molecule has 1 saturated heterocycles. The third-order valence-corrected chi connectivity index (χ3v) is 8.05. The highest BCUT2D eigenvalue weighted by atomic mass is 32.2. The van der Waals surface area contributed by atoms with Crippen molar-refractivity contribution in [1.82, 2.24) is 4.31 Å². The first-order valence-electron chi connectivity index (χ1n) is 7.02. The van der Waals surface area contributed by atoms with E-state index in [4.69, 9.17) is 4.74 Å². The maximum Gasteiger partial charge on any atom is 0.243 e. The van der Waals surface area contributed by atoms with Crippen molar-refractivity contribution in [3.05, 3.63) is 24.3 Å². The number of methoxy groups -OCH3 is 1. The lowest BCUT2D eigenvalue weighted by Crippen LogP contribution is -2.50. The maximum absolute atomic E-state index is 12.9. The van der Waals surface area contributed by atoms with Crippen LogP contribution in [0.2, 0.25) is 0 Å². The smallest absolute Gasteiger partial charge is 0.243 e. The quantitative estimate of drug-likeness (QED) is 0.801. The molecule has 1 fully saturated rings. The van der Waals surface area contributed by atoms with E-state index < -0.39 is 25.4 Å². The molecule has 1 heterocycles. The number of rotatable bonds is 5. The SMILES string of the molecule is CCN([C@@]1(C)CCS(=O)(=O)C1)S(=O)(=O)c1ccc(OC)cc1. The molecule has 8 heteroatoms. The minimum atomic E-state index is -3.75. The monoisotopic (exact) mass is 347 g/mol. The third-order valence-electron chi connectivity index (χ3n) is 4.02. The van der Waals surface area contributed by atoms with Crippen LogP contribution in [0.3, 0.4) is 0 Å². The van der Waals surface area contributed by atoms with Gasteiger partial charge in [0.1, 0.15) is 5.75 Å². The van der Waals surface area contributed by atoms with Gasteiger partial charge in [0, 0.05) is 12.1 Å².